The minimum atomic E-state index is -1.79. The Labute approximate surface area is 323 Å². The van der Waals surface area contributed by atoms with Crippen molar-refractivity contribution < 1.29 is 24.5 Å². The van der Waals surface area contributed by atoms with Crippen molar-refractivity contribution in [2.45, 2.75) is 37.5 Å². The Morgan fingerprint density at radius 3 is 1.98 bits per heavy atom. The van der Waals surface area contributed by atoms with Crippen LogP contribution in [-0.4, -0.2) is 23.2 Å². The monoisotopic (exact) mass is 917 g/mol. The number of pyridine rings is 2. The molecule has 5 heteroatoms. The minimum Gasteiger partial charge on any atom is 0 e. The molecule has 52 heavy (non-hydrogen) atoms. The smallest absolute Gasteiger partial charge is 0 e. The van der Waals surface area contributed by atoms with Gasteiger partial charge in [0.05, 0.1) is 5.58 Å². The van der Waals surface area contributed by atoms with Crippen LogP contribution in [0.2, 0.25) is 17.3 Å². The van der Waals surface area contributed by atoms with Crippen molar-refractivity contribution in [2.24, 2.45) is 5.92 Å². The molecule has 0 unspecified atom stereocenters. The Hall–Kier alpha value is -4.61. The van der Waals surface area contributed by atoms with Gasteiger partial charge in [0, 0.05) is 31.7 Å². The van der Waals surface area contributed by atoms with Gasteiger partial charge in [-0.1, -0.05) is 78.9 Å². The summed E-state index contributed by atoms with van der Waals surface area (Å²) < 4.78 is 7.78. The minimum absolute atomic E-state index is 0. The maximum Gasteiger partial charge on any atom is 0 e. The van der Waals surface area contributed by atoms with Crippen molar-refractivity contribution in [3.63, 3.8) is 0 Å². The number of rotatable bonds is 7. The average molecular weight is 916 g/mol. The first kappa shape index (κ1) is 37.2. The molecule has 0 N–H and O–H groups in total. The van der Waals surface area contributed by atoms with Crippen molar-refractivity contribution in [3.05, 3.63) is 164 Å². The fourth-order valence-electron chi connectivity index (χ4n) is 6.37. The largest absolute Gasteiger partial charge is 0 e. The molecule has 0 aliphatic carbocycles. The van der Waals surface area contributed by atoms with E-state index in [1.807, 2.05) is 30.5 Å². The number of aromatic nitrogens is 2. The number of benzene rings is 5. The van der Waals surface area contributed by atoms with Gasteiger partial charge in [-0.05, 0) is 41.3 Å². The van der Waals surface area contributed by atoms with Gasteiger partial charge in [0.1, 0.15) is 5.58 Å². The van der Waals surface area contributed by atoms with Crippen LogP contribution in [0.4, 0.5) is 0 Å². The van der Waals surface area contributed by atoms with E-state index in [2.05, 4.69) is 169 Å². The topological polar surface area (TPSA) is 38.9 Å². The van der Waals surface area contributed by atoms with E-state index in [0.717, 1.165) is 56.4 Å². The molecule has 261 valence electrons. The predicted octanol–water partition coefficient (Wildman–Crippen LogP) is 12.1. The molecule has 0 fully saturated rings. The van der Waals surface area contributed by atoms with Gasteiger partial charge in [0.15, 0.2) is 0 Å². The van der Waals surface area contributed by atoms with Crippen LogP contribution in [0.3, 0.4) is 0 Å². The van der Waals surface area contributed by atoms with E-state index >= 15 is 0 Å². The van der Waals surface area contributed by atoms with Gasteiger partial charge < -0.3 is 9.40 Å². The summed E-state index contributed by atoms with van der Waals surface area (Å²) in [6, 6.07) is 52.8. The molecule has 0 aliphatic heterocycles. The Morgan fingerprint density at radius 1 is 0.635 bits per heavy atom. The van der Waals surface area contributed by atoms with Crippen molar-refractivity contribution in [1.29, 1.82) is 0 Å². The molecule has 0 aliphatic rings. The quantitative estimate of drug-likeness (QED) is 0.118. The molecular formula is C47H42GeIrN2O-2. The number of hydrogen-bond donors (Lipinski definition) is 0. The Kier molecular flexibility index (Phi) is 11.7. The summed E-state index contributed by atoms with van der Waals surface area (Å²) in [5.41, 5.74) is 11.7. The first-order chi connectivity index (χ1) is 24.7. The van der Waals surface area contributed by atoms with Gasteiger partial charge in [-0.25, -0.2) is 0 Å². The molecule has 3 heterocycles. The normalized spacial score (nSPS) is 11.3. The number of nitrogens with zero attached hydrogens (tertiary/aromatic N) is 2. The van der Waals surface area contributed by atoms with E-state index in [4.69, 9.17) is 4.42 Å². The van der Waals surface area contributed by atoms with Crippen molar-refractivity contribution >= 4 is 39.6 Å². The molecule has 5 aromatic carbocycles. The van der Waals surface area contributed by atoms with Gasteiger partial charge in [-0.15, -0.1) is 18.2 Å². The molecular weight excluding hydrogens is 873 g/mol. The molecule has 3 nitrogen and oxygen atoms in total. The van der Waals surface area contributed by atoms with Gasteiger partial charge in [0.2, 0.25) is 0 Å². The molecule has 8 rings (SSSR count). The third kappa shape index (κ3) is 8.53. The van der Waals surface area contributed by atoms with Crippen LogP contribution in [-0.2, 0) is 26.5 Å². The van der Waals surface area contributed by atoms with E-state index in [1.54, 1.807) is 0 Å². The summed E-state index contributed by atoms with van der Waals surface area (Å²) in [5, 5.41) is 2.22. The van der Waals surface area contributed by atoms with Gasteiger partial charge in [-0.3, -0.25) is 0 Å². The number of hydrogen-bond acceptors (Lipinski definition) is 3. The summed E-state index contributed by atoms with van der Waals surface area (Å²) in [7, 11) is 0. The standard InChI is InChI=1S/C27H22NO.C20H20GeN.Ir/c1-18(2)15-19-13-14-28-25(16-19)24-10-6-9-23-22-12-11-21(17-26(22)29-27(23)24)20-7-4-3-5-8-20;1-21(2,3)19-12-13-20(22-15-19)18-11-7-10-17(14-18)16-8-5-4-6-9-16;/h3-9,11-14,16-18H,15H2,1-2H3;4-10,12-15H,1-3H3;/q2*-1;. The first-order valence-corrected chi connectivity index (χ1v) is 25.0. The van der Waals surface area contributed by atoms with Crippen LogP contribution in [0.1, 0.15) is 19.4 Å². The summed E-state index contributed by atoms with van der Waals surface area (Å²) in [5.74, 6) is 7.77. The van der Waals surface area contributed by atoms with Crippen molar-refractivity contribution in [1.82, 2.24) is 9.97 Å². The third-order valence-corrected chi connectivity index (χ3v) is 13.3. The fraction of sp³-hybridized carbons (Fsp3) is 0.149. The van der Waals surface area contributed by atoms with Crippen LogP contribution in [0, 0.1) is 18.1 Å². The molecule has 0 spiro atoms. The second kappa shape index (κ2) is 16.4. The Bertz CT molecular complexity index is 2400. The summed E-state index contributed by atoms with van der Waals surface area (Å²) in [6.07, 6.45) is 4.97. The predicted molar refractivity (Wildman–Crippen MR) is 217 cm³/mol. The summed E-state index contributed by atoms with van der Waals surface area (Å²) in [4.78, 5) is 9.28. The van der Waals surface area contributed by atoms with Crippen molar-refractivity contribution in [3.8, 4) is 44.8 Å². The maximum absolute atomic E-state index is 6.35. The third-order valence-electron chi connectivity index (χ3n) is 9.08. The zero-order valence-corrected chi connectivity index (χ0v) is 34.8. The molecule has 3 aromatic heterocycles. The molecule has 0 atom stereocenters. The molecule has 8 aromatic rings. The Morgan fingerprint density at radius 2 is 1.33 bits per heavy atom. The van der Waals surface area contributed by atoms with Gasteiger partial charge >= 0.3 is 135 Å². The van der Waals surface area contributed by atoms with Crippen LogP contribution in [0.25, 0.3) is 66.7 Å². The zero-order valence-electron chi connectivity index (χ0n) is 30.3. The van der Waals surface area contributed by atoms with Crippen LogP contribution in [0.15, 0.2) is 150 Å². The van der Waals surface area contributed by atoms with Gasteiger partial charge in [0.25, 0.3) is 0 Å². The zero-order chi connectivity index (χ0) is 35.4. The Balaban J connectivity index is 0.000000182. The molecule has 0 amide bonds. The van der Waals surface area contributed by atoms with Crippen LogP contribution < -0.4 is 4.40 Å². The molecule has 1 radical (unpaired) electrons. The summed E-state index contributed by atoms with van der Waals surface area (Å²) in [6.45, 7) is 4.47. The number of furan rings is 1. The van der Waals surface area contributed by atoms with E-state index in [9.17, 15) is 0 Å². The van der Waals surface area contributed by atoms with Crippen LogP contribution in [0.5, 0.6) is 0 Å². The van der Waals surface area contributed by atoms with E-state index in [1.165, 1.54) is 26.6 Å². The average Bonchev–Trinajstić information content (AvgIpc) is 3.54. The maximum atomic E-state index is 6.35. The van der Waals surface area contributed by atoms with E-state index in [-0.39, 0.29) is 20.1 Å². The fourth-order valence-corrected chi connectivity index (χ4v) is 8.54. The van der Waals surface area contributed by atoms with E-state index < -0.39 is 13.3 Å². The van der Waals surface area contributed by atoms with Gasteiger partial charge in [-0.2, -0.15) is 0 Å². The SMILES string of the molecule is CC(C)Cc1ccnc(-c2[c-]ccc3c2oc2cc(-c4ccccc4)ccc23)c1.[CH3][Ge]([CH3])([CH3])[c]1ccc(-c2[c-]ccc(-c3ccccc3)c2)nc1.[Ir]. The second-order valence-electron chi connectivity index (χ2n) is 14.5. The molecule has 0 saturated heterocycles. The molecule has 0 saturated carbocycles. The first-order valence-electron chi connectivity index (χ1n) is 17.6. The van der Waals surface area contributed by atoms with E-state index in [0.29, 0.717) is 5.92 Å². The second-order valence-corrected chi connectivity index (χ2v) is 25.1. The van der Waals surface area contributed by atoms with Crippen molar-refractivity contribution in [2.75, 3.05) is 0 Å². The molecule has 0 bridgehead atoms. The summed E-state index contributed by atoms with van der Waals surface area (Å²) >= 11 is -1.79. The number of fused-ring (bicyclic) bond motifs is 3. The van der Waals surface area contributed by atoms with Crippen LogP contribution >= 0.6 is 0 Å².